The van der Waals surface area contributed by atoms with Crippen molar-refractivity contribution in [3.05, 3.63) is 83.9 Å². The predicted molar refractivity (Wildman–Crippen MR) is 162 cm³/mol. The maximum absolute atomic E-state index is 15.4. The minimum Gasteiger partial charge on any atom is -0.507 e. The van der Waals surface area contributed by atoms with Crippen molar-refractivity contribution in [2.24, 2.45) is 5.41 Å². The van der Waals surface area contributed by atoms with E-state index >= 15 is 8.78 Å². The molecule has 13 heteroatoms. The summed E-state index contributed by atoms with van der Waals surface area (Å²) in [4.78, 5) is 12.9. The number of phenols is 1. The first-order valence-electron chi connectivity index (χ1n) is 13.1. The molecule has 1 saturated carbocycles. The van der Waals surface area contributed by atoms with E-state index in [1.807, 2.05) is 0 Å². The number of carbonyl (C=O) groups excluding carboxylic acids is 1. The van der Waals surface area contributed by atoms with Crippen molar-refractivity contribution in [3.63, 3.8) is 0 Å². The minimum absolute atomic E-state index is 0.0400. The number of nitrogens with zero attached hydrogens (tertiary/aromatic N) is 1. The molecule has 0 bridgehead atoms. The third kappa shape index (κ3) is 7.78. The number of benzene rings is 3. The van der Waals surface area contributed by atoms with Gasteiger partial charge < -0.3 is 15.7 Å². The molecule has 43 heavy (non-hydrogen) atoms. The van der Waals surface area contributed by atoms with Gasteiger partial charge >= 0.3 is 0 Å². The fourth-order valence-corrected chi connectivity index (χ4v) is 5.93. The van der Waals surface area contributed by atoms with E-state index in [-0.39, 0.29) is 35.6 Å². The van der Waals surface area contributed by atoms with Gasteiger partial charge in [-0.1, -0.05) is 83.3 Å². The van der Waals surface area contributed by atoms with E-state index in [0.29, 0.717) is 5.56 Å². The van der Waals surface area contributed by atoms with Gasteiger partial charge in [0.2, 0.25) is 3.79 Å². The number of amides is 1. The molecule has 0 spiro atoms. The lowest BCUT2D eigenvalue weighted by Crippen LogP contribution is -2.49. The molecular formula is C30H28Cl3F2N3O4S. The Morgan fingerprint density at radius 2 is 1.58 bits per heavy atom. The smallest absolute Gasteiger partial charge is 0.268 e. The summed E-state index contributed by atoms with van der Waals surface area (Å²) in [6, 6.07) is 18.3. The summed E-state index contributed by atoms with van der Waals surface area (Å²) in [5.74, 6) is -4.37. The quantitative estimate of drug-likeness (QED) is 0.198. The van der Waals surface area contributed by atoms with Crippen LogP contribution in [-0.4, -0.2) is 48.0 Å². The van der Waals surface area contributed by atoms with Crippen molar-refractivity contribution < 1.29 is 27.1 Å². The molecule has 3 N–H and O–H groups in total. The maximum atomic E-state index is 15.4. The van der Waals surface area contributed by atoms with Gasteiger partial charge in [-0.2, -0.15) is 5.26 Å². The van der Waals surface area contributed by atoms with Crippen LogP contribution < -0.4 is 10.6 Å². The highest BCUT2D eigenvalue weighted by molar-refractivity contribution is 7.90. The monoisotopic (exact) mass is 669 g/mol. The first kappa shape index (κ1) is 33.0. The van der Waals surface area contributed by atoms with Crippen molar-refractivity contribution in [2.75, 3.05) is 12.8 Å². The number of phenolic OH excluding ortho intramolecular Hbond substituents is 1. The molecule has 2 atom stereocenters. The normalized spacial score (nSPS) is 16.1. The van der Waals surface area contributed by atoms with Crippen molar-refractivity contribution in [1.82, 2.24) is 10.6 Å². The number of nitrogens with one attached hydrogen (secondary N) is 2. The van der Waals surface area contributed by atoms with Crippen LogP contribution in [0.1, 0.15) is 41.2 Å². The molecule has 1 aliphatic carbocycles. The Labute approximate surface area is 263 Å². The van der Waals surface area contributed by atoms with Gasteiger partial charge in [0, 0.05) is 25.3 Å². The zero-order valence-electron chi connectivity index (χ0n) is 22.8. The van der Waals surface area contributed by atoms with Crippen LogP contribution in [0.2, 0.25) is 0 Å². The second kappa shape index (κ2) is 12.6. The van der Waals surface area contributed by atoms with Crippen LogP contribution in [0.25, 0.3) is 11.1 Å². The van der Waals surface area contributed by atoms with Gasteiger partial charge in [0.05, 0.1) is 22.6 Å². The number of alkyl halides is 5. The van der Waals surface area contributed by atoms with Crippen LogP contribution >= 0.6 is 34.8 Å². The second-order valence-corrected chi connectivity index (χ2v) is 15.0. The summed E-state index contributed by atoms with van der Waals surface area (Å²) in [7, 11) is -3.36. The number of hydrogen-bond donors (Lipinski definition) is 3. The lowest BCUT2D eigenvalue weighted by molar-refractivity contribution is -0.0654. The molecule has 1 amide bonds. The van der Waals surface area contributed by atoms with Crippen LogP contribution in [0, 0.1) is 16.7 Å². The predicted octanol–water partition coefficient (Wildman–Crippen LogP) is 6.59. The summed E-state index contributed by atoms with van der Waals surface area (Å²) < 4.78 is 52.3. The molecule has 0 aliphatic heterocycles. The summed E-state index contributed by atoms with van der Waals surface area (Å²) in [6.07, 6.45) is 0.386. The molecule has 0 saturated heterocycles. The first-order valence-corrected chi connectivity index (χ1v) is 16.2. The zero-order valence-corrected chi connectivity index (χ0v) is 25.9. The van der Waals surface area contributed by atoms with E-state index in [0.717, 1.165) is 17.4 Å². The van der Waals surface area contributed by atoms with Crippen molar-refractivity contribution in [3.8, 4) is 22.9 Å². The highest BCUT2D eigenvalue weighted by Gasteiger charge is 2.63. The van der Waals surface area contributed by atoms with Crippen LogP contribution in [0.15, 0.2) is 77.7 Å². The van der Waals surface area contributed by atoms with Crippen LogP contribution in [0.4, 0.5) is 8.78 Å². The van der Waals surface area contributed by atoms with Crippen molar-refractivity contribution >= 4 is 50.5 Å². The van der Waals surface area contributed by atoms with E-state index in [1.165, 1.54) is 30.3 Å². The minimum atomic E-state index is -3.40. The number of nitriles is 1. The van der Waals surface area contributed by atoms with E-state index in [4.69, 9.17) is 34.8 Å². The number of aromatic hydroxyl groups is 1. The SMILES string of the molecule is CS(=O)(=O)c1ccc(-c2ccc([C@H](NC(CNC(=O)c3ccccc3O)CC(F)(F)C3(C#N)CC3)C(Cl)(Cl)Cl)cc2)cc1. The Balaban J connectivity index is 1.59. The van der Waals surface area contributed by atoms with Gasteiger partial charge in [-0.05, 0) is 53.8 Å². The summed E-state index contributed by atoms with van der Waals surface area (Å²) >= 11 is 19.0. The Morgan fingerprint density at radius 3 is 2.07 bits per heavy atom. The second-order valence-electron chi connectivity index (χ2n) is 10.6. The Kier molecular flexibility index (Phi) is 9.64. The summed E-state index contributed by atoms with van der Waals surface area (Å²) in [5, 5.41) is 25.0. The maximum Gasteiger partial charge on any atom is 0.268 e. The number of halogens is 5. The third-order valence-corrected chi connectivity index (χ3v) is 9.20. The van der Waals surface area contributed by atoms with Crippen LogP contribution in [0.5, 0.6) is 5.75 Å². The number of carbonyl (C=O) groups is 1. The van der Waals surface area contributed by atoms with E-state index in [2.05, 4.69) is 10.6 Å². The molecule has 4 rings (SSSR count). The Morgan fingerprint density at radius 1 is 1.02 bits per heavy atom. The van der Waals surface area contributed by atoms with Crippen molar-refractivity contribution in [2.45, 2.75) is 46.0 Å². The van der Waals surface area contributed by atoms with E-state index in [9.17, 15) is 23.6 Å². The number of para-hydroxylation sites is 1. The fraction of sp³-hybridized carbons (Fsp3) is 0.333. The third-order valence-electron chi connectivity index (χ3n) is 7.41. The standard InChI is InChI=1S/C30H28Cl3F2N3O4S/c1-43(41,42)23-12-10-20(11-13-23)19-6-8-21(9-7-19)26(30(31,32)33)38-22(16-29(34,35)28(18-36)14-15-28)17-37-27(40)24-4-2-3-5-25(24)39/h2-13,22,26,38-39H,14-17H2,1H3,(H,37,40)/t22?,26-/m0/s1. The Hall–Kier alpha value is -2.94. The van der Waals surface area contributed by atoms with Crippen LogP contribution in [-0.2, 0) is 9.84 Å². The highest BCUT2D eigenvalue weighted by Crippen LogP contribution is 2.58. The summed E-state index contributed by atoms with van der Waals surface area (Å²) in [6.45, 7) is -0.327. The lowest BCUT2D eigenvalue weighted by atomic mass is 9.92. The topological polar surface area (TPSA) is 119 Å². The van der Waals surface area contributed by atoms with Crippen LogP contribution in [0.3, 0.4) is 0 Å². The first-order chi connectivity index (χ1) is 20.1. The molecule has 3 aromatic carbocycles. The molecule has 1 aliphatic rings. The van der Waals surface area contributed by atoms with E-state index in [1.54, 1.807) is 48.5 Å². The average molecular weight is 671 g/mol. The molecule has 3 aromatic rings. The lowest BCUT2D eigenvalue weighted by Gasteiger charge is -2.33. The molecule has 0 aromatic heterocycles. The Bertz CT molecular complexity index is 1620. The van der Waals surface area contributed by atoms with Crippen molar-refractivity contribution in [1.29, 1.82) is 5.26 Å². The number of hydrogen-bond acceptors (Lipinski definition) is 6. The molecule has 228 valence electrons. The van der Waals surface area contributed by atoms with E-state index < -0.39 is 49.4 Å². The number of sulfone groups is 1. The van der Waals surface area contributed by atoms with Gasteiger partial charge in [0.25, 0.3) is 11.8 Å². The highest BCUT2D eigenvalue weighted by atomic mass is 35.6. The molecule has 0 heterocycles. The van der Waals surface area contributed by atoms with Gasteiger partial charge in [-0.3, -0.25) is 4.79 Å². The molecule has 1 unspecified atom stereocenters. The molecular weight excluding hydrogens is 643 g/mol. The molecule has 1 fully saturated rings. The molecule has 0 radical (unpaired) electrons. The average Bonchev–Trinajstić information content (AvgIpc) is 3.76. The van der Waals surface area contributed by atoms with Gasteiger partial charge in [0.15, 0.2) is 9.84 Å². The zero-order chi connectivity index (χ0) is 31.6. The fourth-order valence-electron chi connectivity index (χ4n) is 4.73. The van der Waals surface area contributed by atoms with Gasteiger partial charge in [0.1, 0.15) is 11.2 Å². The van der Waals surface area contributed by atoms with Gasteiger partial charge in [-0.25, -0.2) is 17.2 Å². The van der Waals surface area contributed by atoms with Gasteiger partial charge in [-0.15, -0.1) is 0 Å². The number of rotatable bonds is 11. The summed E-state index contributed by atoms with van der Waals surface area (Å²) in [5.41, 5.74) is 0.0703. The molecule has 7 nitrogen and oxygen atoms in total. The largest absolute Gasteiger partial charge is 0.507 e.